The van der Waals surface area contributed by atoms with Gasteiger partial charge >= 0.3 is 6.18 Å². The van der Waals surface area contributed by atoms with Gasteiger partial charge in [0.25, 0.3) is 5.91 Å². The van der Waals surface area contributed by atoms with Crippen LogP contribution in [0.25, 0.3) is 0 Å². The second kappa shape index (κ2) is 9.00. The quantitative estimate of drug-likeness (QED) is 0.610. The summed E-state index contributed by atoms with van der Waals surface area (Å²) >= 11 is 6.00. The van der Waals surface area contributed by atoms with Crippen LogP contribution >= 0.6 is 11.6 Å². The average Bonchev–Trinajstić information content (AvgIpc) is 3.58. The van der Waals surface area contributed by atoms with Crippen molar-refractivity contribution >= 4 is 29.2 Å². The first-order valence-corrected chi connectivity index (χ1v) is 12.2. The average molecular weight is 507 g/mol. The van der Waals surface area contributed by atoms with Crippen molar-refractivity contribution < 1.29 is 22.8 Å². The number of carbonyl (C=O) groups excluding carboxylic acids is 2. The van der Waals surface area contributed by atoms with Gasteiger partial charge < -0.3 is 15.5 Å². The highest BCUT2D eigenvalue weighted by Gasteiger charge is 2.52. The molecule has 6 nitrogen and oxygen atoms in total. The van der Waals surface area contributed by atoms with Crippen molar-refractivity contribution in [2.75, 3.05) is 11.4 Å². The van der Waals surface area contributed by atoms with Gasteiger partial charge in [0, 0.05) is 29.3 Å². The van der Waals surface area contributed by atoms with E-state index in [-0.39, 0.29) is 29.6 Å². The van der Waals surface area contributed by atoms with Gasteiger partial charge in [0.05, 0.1) is 11.0 Å². The number of benzene rings is 1. The lowest BCUT2D eigenvalue weighted by Crippen LogP contribution is -2.52. The van der Waals surface area contributed by atoms with E-state index in [9.17, 15) is 22.8 Å². The predicted molar refractivity (Wildman–Crippen MR) is 125 cm³/mol. The largest absolute Gasteiger partial charge is 0.405 e. The molecule has 10 heteroatoms. The van der Waals surface area contributed by atoms with Crippen LogP contribution in [-0.2, 0) is 10.2 Å². The minimum Gasteiger partial charge on any atom is -0.352 e. The minimum atomic E-state index is -4.46. The Morgan fingerprint density at radius 2 is 1.71 bits per heavy atom. The fourth-order valence-electron chi connectivity index (χ4n) is 5.49. The number of anilines is 1. The van der Waals surface area contributed by atoms with Gasteiger partial charge in [-0.1, -0.05) is 23.7 Å². The van der Waals surface area contributed by atoms with E-state index in [1.54, 1.807) is 6.07 Å². The molecule has 3 heterocycles. The first-order chi connectivity index (χ1) is 16.6. The molecule has 2 aliphatic heterocycles. The molecule has 0 radical (unpaired) electrons. The maximum Gasteiger partial charge on any atom is 0.405 e. The number of aromatic nitrogens is 1. The number of halogens is 4. The molecule has 1 aromatic heterocycles. The molecule has 1 saturated carbocycles. The van der Waals surface area contributed by atoms with E-state index in [0.29, 0.717) is 10.8 Å². The highest BCUT2D eigenvalue weighted by molar-refractivity contribution is 6.30. The first kappa shape index (κ1) is 23.9. The van der Waals surface area contributed by atoms with Crippen molar-refractivity contribution in [3.8, 4) is 0 Å². The molecule has 3 atom stereocenters. The van der Waals surface area contributed by atoms with Crippen LogP contribution in [0.15, 0.2) is 42.6 Å². The Morgan fingerprint density at radius 1 is 1.06 bits per heavy atom. The van der Waals surface area contributed by atoms with Gasteiger partial charge in [0.15, 0.2) is 0 Å². The zero-order valence-electron chi connectivity index (χ0n) is 18.9. The lowest BCUT2D eigenvalue weighted by atomic mass is 9.92. The third kappa shape index (κ3) is 4.96. The highest BCUT2D eigenvalue weighted by Crippen LogP contribution is 2.49. The van der Waals surface area contributed by atoms with Gasteiger partial charge in [-0.25, -0.2) is 4.98 Å². The molecule has 2 aromatic rings. The van der Waals surface area contributed by atoms with E-state index < -0.39 is 24.0 Å². The van der Waals surface area contributed by atoms with E-state index in [0.717, 1.165) is 44.1 Å². The summed E-state index contributed by atoms with van der Waals surface area (Å²) < 4.78 is 37.0. The van der Waals surface area contributed by atoms with Gasteiger partial charge in [0.1, 0.15) is 12.4 Å². The molecular weight excluding hydrogens is 481 g/mol. The lowest BCUT2D eigenvalue weighted by Gasteiger charge is -2.40. The molecule has 186 valence electrons. The maximum absolute atomic E-state index is 13.2. The van der Waals surface area contributed by atoms with E-state index in [4.69, 9.17) is 11.6 Å². The van der Waals surface area contributed by atoms with Gasteiger partial charge in [-0.05, 0) is 68.4 Å². The second-order valence-electron chi connectivity index (χ2n) is 9.73. The Hall–Kier alpha value is -2.81. The fourth-order valence-corrected chi connectivity index (χ4v) is 5.61. The van der Waals surface area contributed by atoms with Crippen molar-refractivity contribution in [3.63, 3.8) is 0 Å². The number of alkyl halides is 3. The fraction of sp³-hybridized carbons (Fsp3) is 0.480. The Bertz CT molecular complexity index is 1090. The molecule has 1 aromatic carbocycles. The number of fused-ring (bicyclic) bond motifs is 2. The molecule has 2 N–H and O–H groups in total. The van der Waals surface area contributed by atoms with Crippen LogP contribution in [0, 0.1) is 0 Å². The van der Waals surface area contributed by atoms with Crippen molar-refractivity contribution in [2.45, 2.75) is 68.2 Å². The number of piperidine rings is 1. The zero-order chi connectivity index (χ0) is 24.8. The molecule has 35 heavy (non-hydrogen) atoms. The maximum atomic E-state index is 13.2. The predicted octanol–water partition coefficient (Wildman–Crippen LogP) is 4.37. The van der Waals surface area contributed by atoms with Crippen LogP contribution in [0.3, 0.4) is 0 Å². The highest BCUT2D eigenvalue weighted by atomic mass is 35.5. The Morgan fingerprint density at radius 3 is 2.26 bits per heavy atom. The van der Waals surface area contributed by atoms with Crippen LogP contribution in [-0.4, -0.2) is 47.6 Å². The Kier molecular flexibility index (Phi) is 6.15. The molecule has 1 aliphatic carbocycles. The monoisotopic (exact) mass is 506 g/mol. The van der Waals surface area contributed by atoms with Crippen LogP contribution < -0.4 is 15.5 Å². The lowest BCUT2D eigenvalue weighted by molar-refractivity contribution is -0.124. The smallest absolute Gasteiger partial charge is 0.352 e. The molecule has 2 bridgehead atoms. The summed E-state index contributed by atoms with van der Waals surface area (Å²) in [6.07, 6.45) is 2.08. The van der Waals surface area contributed by atoms with E-state index >= 15 is 0 Å². The summed E-state index contributed by atoms with van der Waals surface area (Å²) in [6, 6.07) is 11.2. The summed E-state index contributed by atoms with van der Waals surface area (Å²) in [5.41, 5.74) is 0.637. The first-order valence-electron chi connectivity index (χ1n) is 11.8. The third-order valence-electron chi connectivity index (χ3n) is 7.37. The van der Waals surface area contributed by atoms with Crippen molar-refractivity contribution in [2.24, 2.45) is 0 Å². The third-order valence-corrected chi connectivity index (χ3v) is 7.63. The van der Waals surface area contributed by atoms with E-state index in [1.807, 2.05) is 29.6 Å². The summed E-state index contributed by atoms with van der Waals surface area (Å²) in [7, 11) is 0. The van der Waals surface area contributed by atoms with Crippen LogP contribution in [0.2, 0.25) is 5.02 Å². The summed E-state index contributed by atoms with van der Waals surface area (Å²) in [5, 5.41) is 5.80. The molecule has 0 spiro atoms. The number of hydrogen-bond donors (Lipinski definition) is 2. The summed E-state index contributed by atoms with van der Waals surface area (Å²) in [6.45, 7) is -1.38. The van der Waals surface area contributed by atoms with E-state index in [1.165, 1.54) is 12.3 Å². The number of nitrogens with one attached hydrogen (secondary N) is 2. The number of rotatable bonds is 6. The molecule has 2 amide bonds. The summed E-state index contributed by atoms with van der Waals surface area (Å²) in [4.78, 5) is 31.8. The number of nitrogens with zero attached hydrogens (tertiary/aromatic N) is 2. The van der Waals surface area contributed by atoms with Crippen LogP contribution in [0.5, 0.6) is 0 Å². The van der Waals surface area contributed by atoms with Crippen LogP contribution in [0.1, 0.15) is 54.4 Å². The Labute approximate surface area is 206 Å². The van der Waals surface area contributed by atoms with Crippen molar-refractivity contribution in [1.29, 1.82) is 0 Å². The second-order valence-corrected chi connectivity index (χ2v) is 10.2. The number of pyridine rings is 1. The molecule has 3 aliphatic rings. The Balaban J connectivity index is 1.20. The van der Waals surface area contributed by atoms with Crippen molar-refractivity contribution in [1.82, 2.24) is 15.6 Å². The van der Waals surface area contributed by atoms with Gasteiger partial charge in [-0.3, -0.25) is 9.59 Å². The number of carbonyl (C=O) groups is 2. The van der Waals surface area contributed by atoms with Gasteiger partial charge in [0.2, 0.25) is 5.91 Å². The van der Waals surface area contributed by atoms with Gasteiger partial charge in [-0.15, -0.1) is 0 Å². The normalized spacial score (nSPS) is 24.7. The van der Waals surface area contributed by atoms with E-state index in [2.05, 4.69) is 15.2 Å². The minimum absolute atomic E-state index is 0.0741. The number of hydrogen-bond acceptors (Lipinski definition) is 4. The molecule has 5 rings (SSSR count). The standard InChI is InChI=1S/C25H26ClF3N4O2/c26-17-4-2-16(3-5-17)24(9-10-24)23(35)32-18-11-19-6-7-20(12-18)33(19)21-8-1-15(13-30-21)22(34)31-14-25(27,28)29/h1-5,8,13,18-20H,6-7,9-12,14H2,(H,31,34)(H,32,35)/t18?,19-,20+. The molecule has 3 fully saturated rings. The van der Waals surface area contributed by atoms with Gasteiger partial charge in [-0.2, -0.15) is 13.2 Å². The van der Waals surface area contributed by atoms with Crippen molar-refractivity contribution in [3.05, 3.63) is 58.7 Å². The summed E-state index contributed by atoms with van der Waals surface area (Å²) in [5.74, 6) is -0.0278. The topological polar surface area (TPSA) is 74.3 Å². The number of amides is 2. The molecule has 2 saturated heterocycles. The SMILES string of the molecule is O=C(NCC(F)(F)F)c1ccc(N2[C@@H]3CC[C@H]2CC(NC(=O)C2(c4ccc(Cl)cc4)CC2)C3)nc1. The molecule has 1 unspecified atom stereocenters. The zero-order valence-corrected chi connectivity index (χ0v) is 19.7. The molecular formula is C25H26ClF3N4O2. The van der Waals surface area contributed by atoms with Crippen LogP contribution in [0.4, 0.5) is 19.0 Å².